The molecule has 0 spiro atoms. The molecule has 4 aromatic carbocycles. The first-order chi connectivity index (χ1) is 11.8. The third-order valence-electron chi connectivity index (χ3n) is 5.07. The molecule has 1 aliphatic carbocycles. The van der Waals surface area contributed by atoms with E-state index in [2.05, 4.69) is 66.7 Å². The van der Waals surface area contributed by atoms with Gasteiger partial charge in [0.05, 0.1) is 5.02 Å². The SMILES string of the molecule is Clc1cc2c(c3sc4ccccc4c13)-c1cccc3cccc-2c13. The maximum Gasteiger partial charge on any atom is 0.0505 e. The summed E-state index contributed by atoms with van der Waals surface area (Å²) in [5, 5.41) is 5.96. The lowest BCUT2D eigenvalue weighted by molar-refractivity contribution is 1.77. The predicted octanol–water partition coefficient (Wildman–Crippen LogP) is 7.51. The van der Waals surface area contributed by atoms with Gasteiger partial charge in [0, 0.05) is 25.7 Å². The topological polar surface area (TPSA) is 0 Å². The van der Waals surface area contributed by atoms with Crippen LogP contribution < -0.4 is 0 Å². The summed E-state index contributed by atoms with van der Waals surface area (Å²) in [4.78, 5) is 0. The number of rotatable bonds is 0. The monoisotopic (exact) mass is 342 g/mol. The summed E-state index contributed by atoms with van der Waals surface area (Å²) < 4.78 is 2.60. The molecule has 0 bridgehead atoms. The van der Waals surface area contributed by atoms with Crippen LogP contribution in [0.25, 0.3) is 53.2 Å². The van der Waals surface area contributed by atoms with Crippen LogP contribution in [0.5, 0.6) is 0 Å². The molecule has 0 atom stereocenters. The van der Waals surface area contributed by atoms with Gasteiger partial charge in [-0.3, -0.25) is 0 Å². The molecule has 1 aliphatic rings. The highest BCUT2D eigenvalue weighted by Crippen LogP contribution is 2.54. The smallest absolute Gasteiger partial charge is 0.0505 e. The highest BCUT2D eigenvalue weighted by atomic mass is 35.5. The largest absolute Gasteiger partial charge is 0.134 e. The zero-order valence-electron chi connectivity index (χ0n) is 12.6. The van der Waals surface area contributed by atoms with Crippen LogP contribution in [0.4, 0.5) is 0 Å². The Morgan fingerprint density at radius 1 is 0.708 bits per heavy atom. The van der Waals surface area contributed by atoms with Gasteiger partial charge in [0.15, 0.2) is 0 Å². The van der Waals surface area contributed by atoms with E-state index < -0.39 is 0 Å². The molecule has 0 saturated carbocycles. The van der Waals surface area contributed by atoms with Gasteiger partial charge in [0.2, 0.25) is 0 Å². The molecular formula is C22H11ClS. The second-order valence-corrected chi connectivity index (χ2v) is 7.75. The van der Waals surface area contributed by atoms with Crippen LogP contribution in [0.3, 0.4) is 0 Å². The predicted molar refractivity (Wildman–Crippen MR) is 106 cm³/mol. The van der Waals surface area contributed by atoms with Crippen LogP contribution in [0.15, 0.2) is 66.7 Å². The van der Waals surface area contributed by atoms with E-state index in [1.165, 1.54) is 53.2 Å². The first-order valence-corrected chi connectivity index (χ1v) is 9.18. The molecule has 0 amide bonds. The Hall–Kier alpha value is -2.35. The number of benzene rings is 4. The molecule has 112 valence electrons. The van der Waals surface area contributed by atoms with E-state index in [1.54, 1.807) is 0 Å². The van der Waals surface area contributed by atoms with Crippen molar-refractivity contribution in [3.63, 3.8) is 0 Å². The van der Waals surface area contributed by atoms with E-state index in [0.29, 0.717) is 0 Å². The molecule has 0 unspecified atom stereocenters. The lowest BCUT2D eigenvalue weighted by Crippen LogP contribution is -1.79. The van der Waals surface area contributed by atoms with Crippen molar-refractivity contribution in [1.82, 2.24) is 0 Å². The van der Waals surface area contributed by atoms with E-state index in [-0.39, 0.29) is 0 Å². The third kappa shape index (κ3) is 1.45. The van der Waals surface area contributed by atoms with Crippen LogP contribution in [0, 0.1) is 0 Å². The second kappa shape index (κ2) is 4.38. The maximum atomic E-state index is 6.75. The molecule has 0 N–H and O–H groups in total. The molecule has 6 rings (SSSR count). The Bertz CT molecular complexity index is 1310. The van der Waals surface area contributed by atoms with Crippen molar-refractivity contribution in [1.29, 1.82) is 0 Å². The van der Waals surface area contributed by atoms with E-state index in [9.17, 15) is 0 Å². The Kier molecular flexibility index (Phi) is 2.37. The molecule has 0 saturated heterocycles. The highest BCUT2D eigenvalue weighted by molar-refractivity contribution is 7.26. The summed E-state index contributed by atoms with van der Waals surface area (Å²) >= 11 is 8.60. The fraction of sp³-hybridized carbons (Fsp3) is 0. The number of hydrogen-bond acceptors (Lipinski definition) is 1. The zero-order chi connectivity index (χ0) is 15.8. The van der Waals surface area contributed by atoms with Gasteiger partial charge in [-0.1, -0.05) is 66.2 Å². The van der Waals surface area contributed by atoms with Gasteiger partial charge in [-0.05, 0) is 39.6 Å². The minimum absolute atomic E-state index is 0.853. The number of thiophene rings is 1. The second-order valence-electron chi connectivity index (χ2n) is 6.29. The molecule has 0 radical (unpaired) electrons. The number of hydrogen-bond donors (Lipinski definition) is 0. The van der Waals surface area contributed by atoms with Crippen molar-refractivity contribution >= 4 is 53.9 Å². The Morgan fingerprint density at radius 3 is 2.38 bits per heavy atom. The standard InChI is InChI=1S/C22H11ClS/c23-17-11-16-13-8-3-5-12-6-4-9-15(19(12)13)20(16)22-21(17)14-7-1-2-10-18(14)24-22/h1-11H. The van der Waals surface area contributed by atoms with E-state index in [0.717, 1.165) is 5.02 Å². The van der Waals surface area contributed by atoms with Crippen molar-refractivity contribution < 1.29 is 0 Å². The summed E-state index contributed by atoms with van der Waals surface area (Å²) in [6.45, 7) is 0. The van der Waals surface area contributed by atoms with Crippen LogP contribution >= 0.6 is 22.9 Å². The number of halogens is 1. The van der Waals surface area contributed by atoms with Gasteiger partial charge in [0.25, 0.3) is 0 Å². The van der Waals surface area contributed by atoms with Crippen LogP contribution in [-0.4, -0.2) is 0 Å². The average Bonchev–Trinajstić information content (AvgIpc) is 3.14. The lowest BCUT2D eigenvalue weighted by atomic mass is 10.0. The summed E-state index contributed by atoms with van der Waals surface area (Å²) in [7, 11) is 0. The Balaban J connectivity index is 1.92. The Morgan fingerprint density at radius 2 is 1.50 bits per heavy atom. The zero-order valence-corrected chi connectivity index (χ0v) is 14.2. The molecule has 2 heteroatoms. The Labute approximate surface area is 147 Å². The van der Waals surface area contributed by atoms with Crippen LogP contribution in [-0.2, 0) is 0 Å². The van der Waals surface area contributed by atoms with Gasteiger partial charge in [0.1, 0.15) is 0 Å². The summed E-state index contributed by atoms with van der Waals surface area (Å²) in [6.07, 6.45) is 0. The van der Waals surface area contributed by atoms with Gasteiger partial charge >= 0.3 is 0 Å². The van der Waals surface area contributed by atoms with E-state index in [1.807, 2.05) is 11.3 Å². The first-order valence-electron chi connectivity index (χ1n) is 7.99. The van der Waals surface area contributed by atoms with Crippen molar-refractivity contribution in [3.05, 3.63) is 71.8 Å². The van der Waals surface area contributed by atoms with Crippen LogP contribution in [0.1, 0.15) is 0 Å². The molecule has 24 heavy (non-hydrogen) atoms. The quantitative estimate of drug-likeness (QED) is 0.268. The van der Waals surface area contributed by atoms with Crippen molar-refractivity contribution in [2.24, 2.45) is 0 Å². The third-order valence-corrected chi connectivity index (χ3v) is 6.55. The average molecular weight is 343 g/mol. The summed E-state index contributed by atoms with van der Waals surface area (Å²) in [5.41, 5.74) is 5.26. The lowest BCUT2D eigenvalue weighted by Gasteiger charge is -2.06. The van der Waals surface area contributed by atoms with Crippen molar-refractivity contribution in [2.45, 2.75) is 0 Å². The van der Waals surface area contributed by atoms with Crippen LogP contribution in [0.2, 0.25) is 5.02 Å². The van der Waals surface area contributed by atoms with Gasteiger partial charge in [-0.2, -0.15) is 0 Å². The molecule has 1 aromatic heterocycles. The molecule has 1 heterocycles. The molecule has 0 nitrogen and oxygen atoms in total. The minimum Gasteiger partial charge on any atom is -0.134 e. The fourth-order valence-corrected chi connectivity index (χ4v) is 5.76. The fourth-order valence-electron chi connectivity index (χ4n) is 4.11. The van der Waals surface area contributed by atoms with E-state index >= 15 is 0 Å². The van der Waals surface area contributed by atoms with E-state index in [4.69, 9.17) is 11.6 Å². The van der Waals surface area contributed by atoms with Gasteiger partial charge in [-0.25, -0.2) is 0 Å². The minimum atomic E-state index is 0.853. The molecule has 0 fully saturated rings. The summed E-state index contributed by atoms with van der Waals surface area (Å²) in [5.74, 6) is 0. The molecular weight excluding hydrogens is 332 g/mol. The van der Waals surface area contributed by atoms with Gasteiger partial charge < -0.3 is 0 Å². The summed E-state index contributed by atoms with van der Waals surface area (Å²) in [6, 6.07) is 23.9. The molecule has 5 aromatic rings. The highest BCUT2D eigenvalue weighted by Gasteiger charge is 2.26. The maximum absolute atomic E-state index is 6.75. The van der Waals surface area contributed by atoms with Crippen molar-refractivity contribution in [3.8, 4) is 22.3 Å². The first kappa shape index (κ1) is 13.0. The van der Waals surface area contributed by atoms with Gasteiger partial charge in [-0.15, -0.1) is 11.3 Å². The normalized spacial score (nSPS) is 12.4. The number of fused-ring (bicyclic) bond motifs is 7. The molecule has 0 aliphatic heterocycles. The van der Waals surface area contributed by atoms with Crippen molar-refractivity contribution in [2.75, 3.05) is 0 Å².